The van der Waals surface area contributed by atoms with Gasteiger partial charge in [0.15, 0.2) is 0 Å². The van der Waals surface area contributed by atoms with Crippen molar-refractivity contribution in [2.24, 2.45) is 0 Å². The Morgan fingerprint density at radius 3 is 2.44 bits per heavy atom. The quantitative estimate of drug-likeness (QED) is 0.720. The molecule has 0 bridgehead atoms. The number of urea groups is 1. The number of aliphatic hydroxyl groups is 1. The molecule has 0 radical (unpaired) electrons. The number of carbonyl (C=O) groups is 1. The van der Waals surface area contributed by atoms with Crippen LogP contribution in [0.15, 0.2) is 46.9 Å². The van der Waals surface area contributed by atoms with Gasteiger partial charge in [-0.2, -0.15) is 0 Å². The highest BCUT2D eigenvalue weighted by Gasteiger charge is 2.27. The van der Waals surface area contributed by atoms with Crippen LogP contribution in [0.2, 0.25) is 0 Å². The van der Waals surface area contributed by atoms with Crippen LogP contribution in [-0.4, -0.2) is 43.2 Å². The van der Waals surface area contributed by atoms with E-state index in [1.807, 2.05) is 51.4 Å². The average molecular weight is 345 g/mol. The topological polar surface area (TPSA) is 77.7 Å². The van der Waals surface area contributed by atoms with Crippen LogP contribution in [0.25, 0.3) is 0 Å². The molecule has 6 heteroatoms. The number of nitrogens with one attached hydrogen (secondary N) is 2. The Balaban J connectivity index is 1.87. The van der Waals surface area contributed by atoms with Gasteiger partial charge in [-0.05, 0) is 45.6 Å². The number of hydrogen-bond acceptors (Lipinski definition) is 4. The van der Waals surface area contributed by atoms with Crippen molar-refractivity contribution in [2.75, 3.05) is 27.2 Å². The smallest absolute Gasteiger partial charge is 0.314 e. The summed E-state index contributed by atoms with van der Waals surface area (Å²) in [4.78, 5) is 14.2. The van der Waals surface area contributed by atoms with Crippen molar-refractivity contribution in [3.05, 3.63) is 59.5 Å². The first-order valence-corrected chi connectivity index (χ1v) is 8.32. The van der Waals surface area contributed by atoms with Gasteiger partial charge in [0.1, 0.15) is 17.1 Å². The Morgan fingerprint density at radius 1 is 1.20 bits per heavy atom. The van der Waals surface area contributed by atoms with E-state index in [0.717, 1.165) is 11.3 Å². The first-order chi connectivity index (χ1) is 11.8. The molecule has 0 saturated heterocycles. The molecule has 0 spiro atoms. The number of nitrogens with zero attached hydrogens (tertiary/aromatic N) is 1. The van der Waals surface area contributed by atoms with Crippen molar-refractivity contribution in [2.45, 2.75) is 25.5 Å². The van der Waals surface area contributed by atoms with Crippen LogP contribution < -0.4 is 10.6 Å². The molecule has 2 unspecified atom stereocenters. The number of rotatable bonds is 7. The molecule has 1 aromatic carbocycles. The lowest BCUT2D eigenvalue weighted by atomic mass is 10.0. The van der Waals surface area contributed by atoms with E-state index in [2.05, 4.69) is 15.5 Å². The average Bonchev–Trinajstić information content (AvgIpc) is 3.01. The Hall–Kier alpha value is -2.31. The second-order valence-corrected chi connectivity index (χ2v) is 6.64. The monoisotopic (exact) mass is 345 g/mol. The molecule has 1 heterocycles. The van der Waals surface area contributed by atoms with E-state index in [9.17, 15) is 9.90 Å². The summed E-state index contributed by atoms with van der Waals surface area (Å²) >= 11 is 0. The Morgan fingerprint density at radius 2 is 1.88 bits per heavy atom. The highest BCUT2D eigenvalue weighted by Crippen LogP contribution is 2.22. The molecule has 2 amide bonds. The van der Waals surface area contributed by atoms with Gasteiger partial charge in [0.05, 0.1) is 12.6 Å². The Bertz CT molecular complexity index is 680. The summed E-state index contributed by atoms with van der Waals surface area (Å²) in [7, 11) is 3.95. The molecule has 0 saturated carbocycles. The minimum absolute atomic E-state index is 0.0593. The first-order valence-electron chi connectivity index (χ1n) is 8.32. The number of hydrogen-bond donors (Lipinski definition) is 3. The number of likely N-dealkylation sites (N-methyl/N-ethyl adjacent to an activating group) is 1. The predicted octanol–water partition coefficient (Wildman–Crippen LogP) is 2.40. The molecule has 0 fully saturated rings. The fourth-order valence-corrected chi connectivity index (χ4v) is 2.59. The maximum absolute atomic E-state index is 12.1. The third kappa shape index (κ3) is 5.34. The van der Waals surface area contributed by atoms with Gasteiger partial charge in [-0.15, -0.1) is 0 Å². The molecule has 0 aliphatic heterocycles. The van der Waals surface area contributed by atoms with Gasteiger partial charge in [0.2, 0.25) is 0 Å². The normalized spacial score (nSPS) is 14.8. The molecule has 3 N–H and O–H groups in total. The van der Waals surface area contributed by atoms with Crippen LogP contribution in [0.1, 0.15) is 30.0 Å². The van der Waals surface area contributed by atoms with Crippen molar-refractivity contribution < 1.29 is 14.3 Å². The maximum atomic E-state index is 12.1. The minimum Gasteiger partial charge on any atom is -0.463 e. The lowest BCUT2D eigenvalue weighted by Crippen LogP contribution is -2.45. The summed E-state index contributed by atoms with van der Waals surface area (Å²) < 4.78 is 5.44. The van der Waals surface area contributed by atoms with Gasteiger partial charge >= 0.3 is 6.03 Å². The molecular weight excluding hydrogens is 318 g/mol. The van der Waals surface area contributed by atoms with Gasteiger partial charge in [0.25, 0.3) is 0 Å². The summed E-state index contributed by atoms with van der Waals surface area (Å²) in [5, 5.41) is 16.0. The van der Waals surface area contributed by atoms with Crippen molar-refractivity contribution >= 4 is 6.03 Å². The van der Waals surface area contributed by atoms with Crippen molar-refractivity contribution in [1.82, 2.24) is 15.5 Å². The molecule has 1 aromatic heterocycles. The third-order valence-electron chi connectivity index (χ3n) is 4.13. The highest BCUT2D eigenvalue weighted by molar-refractivity contribution is 5.74. The van der Waals surface area contributed by atoms with Crippen molar-refractivity contribution in [1.29, 1.82) is 0 Å². The third-order valence-corrected chi connectivity index (χ3v) is 4.13. The van der Waals surface area contributed by atoms with Crippen LogP contribution in [0.4, 0.5) is 4.79 Å². The summed E-state index contributed by atoms with van der Waals surface area (Å²) in [5.41, 5.74) is -0.128. The predicted molar refractivity (Wildman–Crippen MR) is 97.3 cm³/mol. The first kappa shape index (κ1) is 19.0. The van der Waals surface area contributed by atoms with E-state index in [1.165, 1.54) is 0 Å². The van der Waals surface area contributed by atoms with Gasteiger partial charge in [-0.3, -0.25) is 0 Å². The Labute approximate surface area is 148 Å². The van der Waals surface area contributed by atoms with Crippen LogP contribution in [0, 0.1) is 6.92 Å². The largest absolute Gasteiger partial charge is 0.463 e. The minimum atomic E-state index is -1.26. The number of furan rings is 1. The molecule has 2 aromatic rings. The van der Waals surface area contributed by atoms with E-state index >= 15 is 0 Å². The van der Waals surface area contributed by atoms with Gasteiger partial charge in [-0.25, -0.2) is 4.79 Å². The van der Waals surface area contributed by atoms with E-state index in [1.54, 1.807) is 19.1 Å². The fourth-order valence-electron chi connectivity index (χ4n) is 2.59. The zero-order valence-corrected chi connectivity index (χ0v) is 15.2. The standard InChI is InChI=1S/C19H27N3O3/c1-14-10-11-17(25-14)19(2,24)13-21-18(23)20-12-16(22(3)4)15-8-6-5-7-9-15/h5-11,16,24H,12-13H2,1-4H3,(H2,20,21,23). The second kappa shape index (κ2) is 8.18. The van der Waals surface area contributed by atoms with Crippen molar-refractivity contribution in [3.63, 3.8) is 0 Å². The SMILES string of the molecule is Cc1ccc(C(C)(O)CNC(=O)NCC(c2ccccc2)N(C)C)o1. The molecule has 25 heavy (non-hydrogen) atoms. The number of benzene rings is 1. The molecule has 6 nitrogen and oxygen atoms in total. The number of carbonyl (C=O) groups excluding carboxylic acids is 1. The number of amides is 2. The van der Waals surface area contributed by atoms with Gasteiger partial charge in [-0.1, -0.05) is 30.3 Å². The zero-order valence-electron chi connectivity index (χ0n) is 15.2. The maximum Gasteiger partial charge on any atom is 0.314 e. The molecule has 136 valence electrons. The van der Waals surface area contributed by atoms with Crippen LogP contribution >= 0.6 is 0 Å². The number of aryl methyl sites for hydroxylation is 1. The second-order valence-electron chi connectivity index (χ2n) is 6.64. The van der Waals surface area contributed by atoms with E-state index in [-0.39, 0.29) is 18.6 Å². The highest BCUT2D eigenvalue weighted by atomic mass is 16.4. The van der Waals surface area contributed by atoms with E-state index < -0.39 is 5.60 Å². The van der Waals surface area contributed by atoms with Crippen LogP contribution in [-0.2, 0) is 5.60 Å². The lowest BCUT2D eigenvalue weighted by Gasteiger charge is -2.26. The van der Waals surface area contributed by atoms with Gasteiger partial charge in [0, 0.05) is 6.54 Å². The summed E-state index contributed by atoms with van der Waals surface area (Å²) in [6, 6.07) is 13.2. The van der Waals surface area contributed by atoms with E-state index in [4.69, 9.17) is 4.42 Å². The fraction of sp³-hybridized carbons (Fsp3) is 0.421. The summed E-state index contributed by atoms with van der Waals surface area (Å²) in [6.45, 7) is 3.94. The van der Waals surface area contributed by atoms with Crippen LogP contribution in [0.3, 0.4) is 0 Å². The van der Waals surface area contributed by atoms with E-state index in [0.29, 0.717) is 12.3 Å². The Kier molecular flexibility index (Phi) is 6.22. The molecule has 0 aliphatic rings. The lowest BCUT2D eigenvalue weighted by molar-refractivity contribution is 0.0359. The molecule has 2 atom stereocenters. The van der Waals surface area contributed by atoms with Crippen LogP contribution in [0.5, 0.6) is 0 Å². The summed E-state index contributed by atoms with van der Waals surface area (Å²) in [5.74, 6) is 1.15. The zero-order chi connectivity index (χ0) is 18.4. The molecular formula is C19H27N3O3. The van der Waals surface area contributed by atoms with Crippen molar-refractivity contribution in [3.8, 4) is 0 Å². The summed E-state index contributed by atoms with van der Waals surface area (Å²) in [6.07, 6.45) is 0. The molecule has 0 aliphatic carbocycles. The van der Waals surface area contributed by atoms with Gasteiger partial charge < -0.3 is 25.1 Å². The molecule has 2 rings (SSSR count).